The molecule has 2 rings (SSSR count). The van der Waals surface area contributed by atoms with Gasteiger partial charge in [-0.25, -0.2) is 0 Å². The number of hydrogen-bond acceptors (Lipinski definition) is 3. The summed E-state index contributed by atoms with van der Waals surface area (Å²) in [6.07, 6.45) is 1.79. The molecule has 1 aliphatic rings. The van der Waals surface area contributed by atoms with Gasteiger partial charge in [0.05, 0.1) is 5.69 Å². The van der Waals surface area contributed by atoms with Crippen LogP contribution in [0.1, 0.15) is 24.0 Å². The van der Waals surface area contributed by atoms with Crippen LogP contribution in [0, 0.1) is 6.92 Å². The molecular formula is C11H15N3O2S2. The van der Waals surface area contributed by atoms with Gasteiger partial charge in [-0.15, -0.1) is 0 Å². The van der Waals surface area contributed by atoms with Crippen molar-refractivity contribution in [3.8, 4) is 0 Å². The van der Waals surface area contributed by atoms with E-state index in [0.717, 1.165) is 18.4 Å². The number of nitrogens with two attached hydrogens (primary N) is 1. The summed E-state index contributed by atoms with van der Waals surface area (Å²) in [5.74, 6) is 0. The van der Waals surface area contributed by atoms with E-state index in [4.69, 9.17) is 18.0 Å². The zero-order valence-electron chi connectivity index (χ0n) is 9.93. The maximum atomic E-state index is 11.8. The molecule has 1 aromatic rings. The molecule has 0 heterocycles. The molecule has 1 aliphatic carbocycles. The van der Waals surface area contributed by atoms with Crippen LogP contribution in [0.4, 0.5) is 5.69 Å². The molecule has 0 aromatic heterocycles. The van der Waals surface area contributed by atoms with Crippen LogP contribution in [-0.2, 0) is 10.2 Å². The smallest absolute Gasteiger partial charge is 0.299 e. The van der Waals surface area contributed by atoms with Crippen molar-refractivity contribution in [1.29, 1.82) is 0 Å². The molecule has 0 saturated heterocycles. The van der Waals surface area contributed by atoms with E-state index in [1.54, 1.807) is 18.2 Å². The van der Waals surface area contributed by atoms with Crippen LogP contribution in [0.25, 0.3) is 0 Å². The van der Waals surface area contributed by atoms with Crippen LogP contribution in [0.2, 0.25) is 0 Å². The fraction of sp³-hybridized carbons (Fsp3) is 0.364. The van der Waals surface area contributed by atoms with Crippen LogP contribution < -0.4 is 15.2 Å². The average molecular weight is 285 g/mol. The Balaban J connectivity index is 2.21. The first-order valence-electron chi connectivity index (χ1n) is 5.58. The van der Waals surface area contributed by atoms with Gasteiger partial charge in [-0.1, -0.05) is 24.4 Å². The van der Waals surface area contributed by atoms with Crippen LogP contribution in [0.15, 0.2) is 18.2 Å². The Kier molecular flexibility index (Phi) is 3.56. The van der Waals surface area contributed by atoms with Crippen molar-refractivity contribution in [2.75, 3.05) is 4.72 Å². The molecule has 0 bridgehead atoms. The number of anilines is 1. The van der Waals surface area contributed by atoms with Gasteiger partial charge in [0.2, 0.25) is 0 Å². The fourth-order valence-electron chi connectivity index (χ4n) is 1.48. The molecule has 18 heavy (non-hydrogen) atoms. The van der Waals surface area contributed by atoms with Crippen molar-refractivity contribution in [3.63, 3.8) is 0 Å². The first-order chi connectivity index (χ1) is 8.37. The summed E-state index contributed by atoms with van der Waals surface area (Å²) in [5, 5.41) is 0. The van der Waals surface area contributed by atoms with E-state index in [1.165, 1.54) is 0 Å². The Bertz CT molecular complexity index is 580. The molecule has 5 nitrogen and oxygen atoms in total. The molecule has 0 radical (unpaired) electrons. The number of aryl methyl sites for hydroxylation is 1. The highest BCUT2D eigenvalue weighted by Crippen LogP contribution is 2.22. The summed E-state index contributed by atoms with van der Waals surface area (Å²) in [5.41, 5.74) is 7.47. The molecule has 4 N–H and O–H groups in total. The molecule has 98 valence electrons. The largest absolute Gasteiger partial charge is 0.389 e. The van der Waals surface area contributed by atoms with Gasteiger partial charge in [0.25, 0.3) is 10.2 Å². The molecule has 0 aliphatic heterocycles. The first-order valence-corrected chi connectivity index (χ1v) is 7.47. The van der Waals surface area contributed by atoms with Gasteiger partial charge in [0.1, 0.15) is 4.99 Å². The lowest BCUT2D eigenvalue weighted by molar-refractivity contribution is 0.586. The van der Waals surface area contributed by atoms with Crippen molar-refractivity contribution >= 4 is 33.1 Å². The molecule has 0 amide bonds. The summed E-state index contributed by atoms with van der Waals surface area (Å²) in [7, 11) is -3.52. The minimum atomic E-state index is -3.52. The number of thiocarbonyl (C=S) groups is 1. The predicted octanol–water partition coefficient (Wildman–Crippen LogP) is 1.04. The van der Waals surface area contributed by atoms with Gasteiger partial charge in [-0.05, 0) is 31.4 Å². The Morgan fingerprint density at radius 1 is 1.44 bits per heavy atom. The lowest BCUT2D eigenvalue weighted by atomic mass is 10.1. The van der Waals surface area contributed by atoms with Gasteiger partial charge in [-0.3, -0.25) is 4.72 Å². The number of benzene rings is 1. The van der Waals surface area contributed by atoms with E-state index in [9.17, 15) is 8.42 Å². The maximum Gasteiger partial charge on any atom is 0.299 e. The van der Waals surface area contributed by atoms with E-state index in [2.05, 4.69) is 9.44 Å². The van der Waals surface area contributed by atoms with Crippen LogP contribution in [-0.4, -0.2) is 19.4 Å². The normalized spacial score (nSPS) is 15.4. The first kappa shape index (κ1) is 13.3. The Hall–Kier alpha value is -1.18. The third kappa shape index (κ3) is 3.41. The van der Waals surface area contributed by atoms with Crippen molar-refractivity contribution in [1.82, 2.24) is 4.72 Å². The number of hydrogen-bond donors (Lipinski definition) is 3. The minimum absolute atomic E-state index is 0.0709. The predicted molar refractivity (Wildman–Crippen MR) is 75.8 cm³/mol. The third-order valence-corrected chi connectivity index (χ3v) is 4.03. The summed E-state index contributed by atoms with van der Waals surface area (Å²) in [6, 6.07) is 5.26. The van der Waals surface area contributed by atoms with Crippen molar-refractivity contribution in [2.45, 2.75) is 25.8 Å². The van der Waals surface area contributed by atoms with E-state index in [-0.39, 0.29) is 11.0 Å². The number of nitrogens with one attached hydrogen (secondary N) is 2. The second-order valence-electron chi connectivity index (χ2n) is 4.39. The molecule has 1 fully saturated rings. The van der Waals surface area contributed by atoms with E-state index in [0.29, 0.717) is 11.3 Å². The highest BCUT2D eigenvalue weighted by atomic mass is 32.2. The van der Waals surface area contributed by atoms with E-state index in [1.807, 2.05) is 6.92 Å². The Morgan fingerprint density at radius 2 is 2.11 bits per heavy atom. The SMILES string of the molecule is Cc1ccc(C(N)=S)cc1NS(=O)(=O)NC1CC1. The van der Waals surface area contributed by atoms with Crippen LogP contribution in [0.5, 0.6) is 0 Å². The quantitative estimate of drug-likeness (QED) is 0.706. The zero-order valence-corrected chi connectivity index (χ0v) is 11.6. The van der Waals surface area contributed by atoms with E-state index < -0.39 is 10.2 Å². The highest BCUT2D eigenvalue weighted by Gasteiger charge is 2.27. The van der Waals surface area contributed by atoms with Gasteiger partial charge in [0, 0.05) is 11.6 Å². The monoisotopic (exact) mass is 285 g/mol. The van der Waals surface area contributed by atoms with Crippen molar-refractivity contribution in [3.05, 3.63) is 29.3 Å². The molecule has 0 unspecified atom stereocenters. The zero-order chi connectivity index (χ0) is 13.3. The fourth-order valence-corrected chi connectivity index (χ4v) is 2.85. The summed E-state index contributed by atoms with van der Waals surface area (Å²) in [4.78, 5) is 0.241. The van der Waals surface area contributed by atoms with Gasteiger partial charge in [-0.2, -0.15) is 13.1 Å². The maximum absolute atomic E-state index is 11.8. The minimum Gasteiger partial charge on any atom is -0.389 e. The lowest BCUT2D eigenvalue weighted by Gasteiger charge is -2.12. The summed E-state index contributed by atoms with van der Waals surface area (Å²) >= 11 is 4.87. The average Bonchev–Trinajstić information content (AvgIpc) is 3.03. The molecule has 0 spiro atoms. The van der Waals surface area contributed by atoms with E-state index >= 15 is 0 Å². The topological polar surface area (TPSA) is 84.2 Å². The molecule has 1 saturated carbocycles. The molecule has 0 atom stereocenters. The number of rotatable bonds is 5. The Labute approximate surface area is 112 Å². The standard InChI is InChI=1S/C11H15N3O2S2/c1-7-2-3-8(11(12)17)6-10(7)14-18(15,16)13-9-4-5-9/h2-3,6,9,13-14H,4-5H2,1H3,(H2,12,17). The summed E-state index contributed by atoms with van der Waals surface area (Å²) in [6.45, 7) is 1.82. The molecular weight excluding hydrogens is 270 g/mol. The molecule has 7 heteroatoms. The van der Waals surface area contributed by atoms with Crippen LogP contribution in [0.3, 0.4) is 0 Å². The van der Waals surface area contributed by atoms with Gasteiger partial charge >= 0.3 is 0 Å². The van der Waals surface area contributed by atoms with Crippen molar-refractivity contribution in [2.24, 2.45) is 5.73 Å². The molecule has 1 aromatic carbocycles. The highest BCUT2D eigenvalue weighted by molar-refractivity contribution is 7.90. The van der Waals surface area contributed by atoms with Gasteiger partial charge in [0.15, 0.2) is 0 Å². The summed E-state index contributed by atoms with van der Waals surface area (Å²) < 4.78 is 28.6. The Morgan fingerprint density at radius 3 is 2.67 bits per heavy atom. The van der Waals surface area contributed by atoms with Crippen molar-refractivity contribution < 1.29 is 8.42 Å². The second-order valence-corrected chi connectivity index (χ2v) is 6.28. The second kappa shape index (κ2) is 4.83. The lowest BCUT2D eigenvalue weighted by Crippen LogP contribution is -2.32. The third-order valence-electron chi connectivity index (χ3n) is 2.67. The van der Waals surface area contributed by atoms with Gasteiger partial charge < -0.3 is 5.73 Å². The van der Waals surface area contributed by atoms with Crippen LogP contribution >= 0.6 is 12.2 Å².